The fourth-order valence-electron chi connectivity index (χ4n) is 2.69. The molecule has 4 heteroatoms. The first kappa shape index (κ1) is 12.0. The van der Waals surface area contributed by atoms with Crippen LogP contribution in [0.2, 0.25) is 5.15 Å². The summed E-state index contributed by atoms with van der Waals surface area (Å²) >= 11 is 6.15. The Morgan fingerprint density at radius 3 is 2.83 bits per heavy atom. The summed E-state index contributed by atoms with van der Waals surface area (Å²) in [5, 5.41) is 0.731. The van der Waals surface area contributed by atoms with E-state index in [0.717, 1.165) is 28.8 Å². The standard InChI is InChI=1S/C14H18ClN3/c1-17-7-5-11(6-8-17)9-12-10-18-13(15)3-2-4-14(18)16-12/h2-4,10-11H,5-9H2,1H3. The molecule has 0 atom stereocenters. The van der Waals surface area contributed by atoms with Gasteiger partial charge in [0.15, 0.2) is 0 Å². The Morgan fingerprint density at radius 1 is 1.33 bits per heavy atom. The van der Waals surface area contributed by atoms with Crippen LogP contribution in [-0.4, -0.2) is 34.4 Å². The summed E-state index contributed by atoms with van der Waals surface area (Å²) in [6.45, 7) is 2.41. The van der Waals surface area contributed by atoms with E-state index >= 15 is 0 Å². The zero-order valence-electron chi connectivity index (χ0n) is 10.6. The number of hydrogen-bond donors (Lipinski definition) is 0. The van der Waals surface area contributed by atoms with Crippen LogP contribution in [0.4, 0.5) is 0 Å². The summed E-state index contributed by atoms with van der Waals surface area (Å²) < 4.78 is 1.96. The van der Waals surface area contributed by atoms with Crippen LogP contribution in [-0.2, 0) is 6.42 Å². The van der Waals surface area contributed by atoms with Crippen LogP contribution in [0.15, 0.2) is 24.4 Å². The zero-order chi connectivity index (χ0) is 12.5. The van der Waals surface area contributed by atoms with Gasteiger partial charge in [0.2, 0.25) is 0 Å². The summed E-state index contributed by atoms with van der Waals surface area (Å²) in [6.07, 6.45) is 5.71. The van der Waals surface area contributed by atoms with E-state index in [0.29, 0.717) is 0 Å². The minimum atomic E-state index is 0.731. The fraction of sp³-hybridized carbons (Fsp3) is 0.500. The molecule has 0 saturated carbocycles. The van der Waals surface area contributed by atoms with E-state index in [1.807, 2.05) is 22.6 Å². The third-order valence-corrected chi connectivity index (χ3v) is 4.14. The number of halogens is 1. The van der Waals surface area contributed by atoms with Gasteiger partial charge in [-0.05, 0) is 57.5 Å². The lowest BCUT2D eigenvalue weighted by atomic mass is 9.93. The molecule has 2 aromatic rings. The number of imidazole rings is 1. The third-order valence-electron chi connectivity index (χ3n) is 3.83. The molecule has 2 aromatic heterocycles. The van der Waals surface area contributed by atoms with Gasteiger partial charge in [-0.1, -0.05) is 17.7 Å². The van der Waals surface area contributed by atoms with Crippen molar-refractivity contribution in [1.82, 2.24) is 14.3 Å². The fourth-order valence-corrected chi connectivity index (χ4v) is 2.90. The van der Waals surface area contributed by atoms with Crippen molar-refractivity contribution in [2.45, 2.75) is 19.3 Å². The van der Waals surface area contributed by atoms with Gasteiger partial charge in [-0.25, -0.2) is 4.98 Å². The molecule has 0 aromatic carbocycles. The minimum Gasteiger partial charge on any atom is -0.306 e. The molecule has 0 radical (unpaired) electrons. The topological polar surface area (TPSA) is 20.5 Å². The van der Waals surface area contributed by atoms with Crippen LogP contribution in [0.25, 0.3) is 5.65 Å². The van der Waals surface area contributed by atoms with Crippen molar-refractivity contribution in [3.05, 3.63) is 35.2 Å². The molecule has 0 N–H and O–H groups in total. The van der Waals surface area contributed by atoms with Crippen LogP contribution in [0.5, 0.6) is 0 Å². The average Bonchev–Trinajstić information content (AvgIpc) is 2.76. The number of rotatable bonds is 2. The van der Waals surface area contributed by atoms with E-state index in [9.17, 15) is 0 Å². The maximum absolute atomic E-state index is 6.15. The van der Waals surface area contributed by atoms with Crippen LogP contribution >= 0.6 is 11.6 Å². The van der Waals surface area contributed by atoms with E-state index in [1.165, 1.54) is 25.9 Å². The SMILES string of the molecule is CN1CCC(Cc2cn3c(Cl)cccc3n2)CC1. The molecular weight excluding hydrogens is 246 g/mol. The predicted octanol–water partition coefficient (Wildman–Crippen LogP) is 2.87. The minimum absolute atomic E-state index is 0.731. The number of aromatic nitrogens is 2. The Balaban J connectivity index is 1.77. The van der Waals surface area contributed by atoms with Crippen LogP contribution in [0.3, 0.4) is 0 Å². The summed E-state index contributed by atoms with van der Waals surface area (Å²) in [6, 6.07) is 5.85. The van der Waals surface area contributed by atoms with Gasteiger partial charge in [0, 0.05) is 6.20 Å². The largest absolute Gasteiger partial charge is 0.306 e. The van der Waals surface area contributed by atoms with Crippen molar-refractivity contribution in [1.29, 1.82) is 0 Å². The highest BCUT2D eigenvalue weighted by Gasteiger charge is 2.18. The van der Waals surface area contributed by atoms with Gasteiger partial charge in [-0.15, -0.1) is 0 Å². The number of fused-ring (bicyclic) bond motifs is 1. The van der Waals surface area contributed by atoms with E-state index in [4.69, 9.17) is 11.6 Å². The maximum Gasteiger partial charge on any atom is 0.138 e. The summed E-state index contributed by atoms with van der Waals surface area (Å²) in [7, 11) is 2.20. The van der Waals surface area contributed by atoms with Crippen LogP contribution < -0.4 is 0 Å². The Hall–Kier alpha value is -1.06. The smallest absolute Gasteiger partial charge is 0.138 e. The Bertz CT molecular complexity index is 541. The van der Waals surface area contributed by atoms with Crippen LogP contribution in [0, 0.1) is 5.92 Å². The van der Waals surface area contributed by atoms with Crippen molar-refractivity contribution in [2.24, 2.45) is 5.92 Å². The lowest BCUT2D eigenvalue weighted by Crippen LogP contribution is -2.30. The molecule has 1 aliphatic rings. The van der Waals surface area contributed by atoms with Crippen molar-refractivity contribution >= 4 is 17.2 Å². The monoisotopic (exact) mass is 263 g/mol. The number of piperidine rings is 1. The molecule has 0 unspecified atom stereocenters. The van der Waals surface area contributed by atoms with Crippen LogP contribution in [0.1, 0.15) is 18.5 Å². The van der Waals surface area contributed by atoms with Crippen molar-refractivity contribution in [3.8, 4) is 0 Å². The first-order valence-corrected chi connectivity index (χ1v) is 6.91. The highest BCUT2D eigenvalue weighted by Crippen LogP contribution is 2.21. The molecule has 1 saturated heterocycles. The second-order valence-electron chi connectivity index (χ2n) is 5.26. The molecule has 1 aliphatic heterocycles. The first-order chi connectivity index (χ1) is 8.72. The van der Waals surface area contributed by atoms with E-state index < -0.39 is 0 Å². The highest BCUT2D eigenvalue weighted by molar-refractivity contribution is 6.29. The van der Waals surface area contributed by atoms with Crippen molar-refractivity contribution in [2.75, 3.05) is 20.1 Å². The Morgan fingerprint density at radius 2 is 2.11 bits per heavy atom. The normalized spacial score (nSPS) is 18.6. The Labute approximate surface area is 112 Å². The quantitative estimate of drug-likeness (QED) is 0.777. The summed E-state index contributed by atoms with van der Waals surface area (Å²) in [5.41, 5.74) is 2.11. The lowest BCUT2D eigenvalue weighted by molar-refractivity contribution is 0.218. The number of nitrogens with zero attached hydrogens (tertiary/aromatic N) is 3. The van der Waals surface area contributed by atoms with E-state index in [2.05, 4.69) is 23.1 Å². The molecule has 0 amide bonds. The van der Waals surface area contributed by atoms with Gasteiger partial charge in [-0.2, -0.15) is 0 Å². The molecule has 18 heavy (non-hydrogen) atoms. The van der Waals surface area contributed by atoms with E-state index in [1.54, 1.807) is 0 Å². The summed E-state index contributed by atoms with van der Waals surface area (Å²) in [5.74, 6) is 0.768. The Kier molecular flexibility index (Phi) is 3.27. The third kappa shape index (κ3) is 2.38. The molecule has 0 bridgehead atoms. The number of hydrogen-bond acceptors (Lipinski definition) is 2. The van der Waals surface area contributed by atoms with Gasteiger partial charge in [-0.3, -0.25) is 4.40 Å². The molecule has 96 valence electrons. The van der Waals surface area contributed by atoms with Gasteiger partial charge in [0.1, 0.15) is 10.8 Å². The predicted molar refractivity (Wildman–Crippen MR) is 74.1 cm³/mol. The van der Waals surface area contributed by atoms with Crippen molar-refractivity contribution in [3.63, 3.8) is 0 Å². The van der Waals surface area contributed by atoms with Gasteiger partial charge < -0.3 is 4.90 Å². The highest BCUT2D eigenvalue weighted by atomic mass is 35.5. The zero-order valence-corrected chi connectivity index (χ0v) is 11.4. The van der Waals surface area contributed by atoms with Crippen molar-refractivity contribution < 1.29 is 0 Å². The molecule has 1 fully saturated rings. The first-order valence-electron chi connectivity index (χ1n) is 6.53. The average molecular weight is 264 g/mol. The maximum atomic E-state index is 6.15. The lowest BCUT2D eigenvalue weighted by Gasteiger charge is -2.28. The second-order valence-corrected chi connectivity index (χ2v) is 5.65. The second kappa shape index (κ2) is 4.90. The molecule has 0 aliphatic carbocycles. The molecule has 3 rings (SSSR count). The van der Waals surface area contributed by atoms with Gasteiger partial charge >= 0.3 is 0 Å². The van der Waals surface area contributed by atoms with Gasteiger partial charge in [0.25, 0.3) is 0 Å². The molecule has 3 heterocycles. The number of likely N-dealkylation sites (tertiary alicyclic amines) is 1. The molecule has 0 spiro atoms. The number of pyridine rings is 1. The van der Waals surface area contributed by atoms with Gasteiger partial charge in [0.05, 0.1) is 5.69 Å². The molecule has 3 nitrogen and oxygen atoms in total. The van der Waals surface area contributed by atoms with E-state index in [-0.39, 0.29) is 0 Å². The molecular formula is C14H18ClN3. The summed E-state index contributed by atoms with van der Waals surface area (Å²) in [4.78, 5) is 7.05.